The Morgan fingerprint density at radius 2 is 2.10 bits per heavy atom. The first-order chi connectivity index (χ1) is 9.60. The number of nitrogens with zero attached hydrogens (tertiary/aromatic N) is 3. The summed E-state index contributed by atoms with van der Waals surface area (Å²) >= 11 is 0. The Labute approximate surface area is 113 Å². The lowest BCUT2D eigenvalue weighted by atomic mass is 10.2. The van der Waals surface area contributed by atoms with E-state index in [1.54, 1.807) is 0 Å². The highest BCUT2D eigenvalue weighted by Crippen LogP contribution is 2.20. The van der Waals surface area contributed by atoms with Crippen LogP contribution in [-0.2, 0) is 16.0 Å². The molecule has 0 unspecified atom stereocenters. The molecule has 0 aliphatic heterocycles. The van der Waals surface area contributed by atoms with Crippen molar-refractivity contribution >= 4 is 11.7 Å². The summed E-state index contributed by atoms with van der Waals surface area (Å²) in [7, 11) is 1.30. The summed E-state index contributed by atoms with van der Waals surface area (Å²) < 4.78 is 9.50. The molecule has 0 aliphatic rings. The summed E-state index contributed by atoms with van der Waals surface area (Å²) in [5.74, 6) is 0.267. The van der Waals surface area contributed by atoms with E-state index in [4.69, 9.17) is 4.52 Å². The Morgan fingerprint density at radius 1 is 1.40 bits per heavy atom. The quantitative estimate of drug-likeness (QED) is 0.465. The van der Waals surface area contributed by atoms with E-state index in [2.05, 4.69) is 14.9 Å². The molecular weight excluding hydrogens is 266 g/mol. The van der Waals surface area contributed by atoms with Gasteiger partial charge in [-0.2, -0.15) is 4.98 Å². The van der Waals surface area contributed by atoms with Crippen molar-refractivity contribution < 1.29 is 19.0 Å². The first-order valence-corrected chi connectivity index (χ1v) is 5.74. The van der Waals surface area contributed by atoms with E-state index in [-0.39, 0.29) is 24.5 Å². The number of hydrogen-bond acceptors (Lipinski definition) is 7. The molecule has 0 radical (unpaired) electrons. The van der Waals surface area contributed by atoms with Gasteiger partial charge < -0.3 is 9.26 Å². The third kappa shape index (κ3) is 3.16. The first kappa shape index (κ1) is 13.7. The highest BCUT2D eigenvalue weighted by Gasteiger charge is 2.12. The zero-order chi connectivity index (χ0) is 14.5. The first-order valence-electron chi connectivity index (χ1n) is 5.74. The van der Waals surface area contributed by atoms with Gasteiger partial charge in [0.15, 0.2) is 0 Å². The fourth-order valence-corrected chi connectivity index (χ4v) is 1.52. The number of aryl methyl sites for hydroxylation is 1. The maximum atomic E-state index is 11.0. The van der Waals surface area contributed by atoms with Crippen molar-refractivity contribution in [3.8, 4) is 11.4 Å². The van der Waals surface area contributed by atoms with Crippen molar-refractivity contribution in [1.82, 2.24) is 10.1 Å². The largest absolute Gasteiger partial charge is 0.469 e. The fourth-order valence-electron chi connectivity index (χ4n) is 1.52. The van der Waals surface area contributed by atoms with Gasteiger partial charge in [-0.25, -0.2) is 0 Å². The van der Waals surface area contributed by atoms with Crippen LogP contribution in [0.4, 0.5) is 5.69 Å². The van der Waals surface area contributed by atoms with Crippen LogP contribution >= 0.6 is 0 Å². The molecule has 0 fully saturated rings. The minimum atomic E-state index is -0.484. The Bertz CT molecular complexity index is 620. The number of esters is 1. The van der Waals surface area contributed by atoms with Crippen LogP contribution < -0.4 is 0 Å². The maximum Gasteiger partial charge on any atom is 0.306 e. The molecule has 2 aromatic rings. The van der Waals surface area contributed by atoms with E-state index in [0.29, 0.717) is 17.3 Å². The minimum absolute atomic E-state index is 0.0110. The smallest absolute Gasteiger partial charge is 0.306 e. The number of carbonyl (C=O) groups is 1. The number of carbonyl (C=O) groups excluding carboxylic acids is 1. The average Bonchev–Trinajstić information content (AvgIpc) is 2.93. The van der Waals surface area contributed by atoms with Crippen LogP contribution in [0.3, 0.4) is 0 Å². The molecular formula is C12H11N3O5. The van der Waals surface area contributed by atoms with Crippen LogP contribution in [0.25, 0.3) is 11.4 Å². The topological polar surface area (TPSA) is 108 Å². The van der Waals surface area contributed by atoms with Gasteiger partial charge in [0, 0.05) is 24.1 Å². The number of rotatable bonds is 5. The second kappa shape index (κ2) is 5.91. The van der Waals surface area contributed by atoms with E-state index >= 15 is 0 Å². The number of aromatic nitrogens is 2. The number of non-ortho nitro benzene ring substituents is 1. The van der Waals surface area contributed by atoms with Crippen molar-refractivity contribution in [3.05, 3.63) is 40.3 Å². The van der Waals surface area contributed by atoms with Gasteiger partial charge in [-0.15, -0.1) is 0 Å². The number of methoxy groups -OCH3 is 1. The van der Waals surface area contributed by atoms with Gasteiger partial charge in [-0.1, -0.05) is 5.16 Å². The zero-order valence-corrected chi connectivity index (χ0v) is 10.6. The molecule has 1 aromatic heterocycles. The van der Waals surface area contributed by atoms with Gasteiger partial charge in [0.1, 0.15) is 0 Å². The molecule has 2 rings (SSSR count). The molecule has 0 bridgehead atoms. The predicted molar refractivity (Wildman–Crippen MR) is 66.7 cm³/mol. The Morgan fingerprint density at radius 3 is 2.70 bits per heavy atom. The Balaban J connectivity index is 2.08. The lowest BCUT2D eigenvalue weighted by Crippen LogP contribution is -2.01. The van der Waals surface area contributed by atoms with Crippen molar-refractivity contribution in [2.24, 2.45) is 0 Å². The monoisotopic (exact) mass is 277 g/mol. The number of ether oxygens (including phenoxy) is 1. The predicted octanol–water partition coefficient (Wildman–Crippen LogP) is 1.75. The van der Waals surface area contributed by atoms with Gasteiger partial charge in [-0.3, -0.25) is 14.9 Å². The van der Waals surface area contributed by atoms with E-state index in [0.717, 1.165) is 0 Å². The van der Waals surface area contributed by atoms with Crippen LogP contribution in [0.1, 0.15) is 12.3 Å². The van der Waals surface area contributed by atoms with E-state index in [9.17, 15) is 14.9 Å². The molecule has 0 N–H and O–H groups in total. The molecule has 0 aliphatic carbocycles. The van der Waals surface area contributed by atoms with Crippen molar-refractivity contribution in [3.63, 3.8) is 0 Å². The molecule has 0 saturated carbocycles. The summed E-state index contributed by atoms with van der Waals surface area (Å²) in [5.41, 5.74) is 0.590. The highest BCUT2D eigenvalue weighted by atomic mass is 16.6. The molecule has 8 heteroatoms. The average molecular weight is 277 g/mol. The second-order valence-electron chi connectivity index (χ2n) is 3.89. The summed E-state index contributed by atoms with van der Waals surface area (Å²) in [6.07, 6.45) is 0.436. The summed E-state index contributed by atoms with van der Waals surface area (Å²) in [4.78, 5) is 25.2. The van der Waals surface area contributed by atoms with Gasteiger partial charge in [0.2, 0.25) is 11.7 Å². The SMILES string of the molecule is COC(=O)CCc1nc(-c2ccc([N+](=O)[O-])cc2)no1. The van der Waals surface area contributed by atoms with Crippen LogP contribution in [0.2, 0.25) is 0 Å². The van der Waals surface area contributed by atoms with Crippen LogP contribution in [0, 0.1) is 10.1 Å². The third-order valence-electron chi connectivity index (χ3n) is 2.58. The molecule has 104 valence electrons. The molecule has 1 aromatic carbocycles. The molecule has 0 saturated heterocycles. The summed E-state index contributed by atoms with van der Waals surface area (Å²) in [6, 6.07) is 5.79. The van der Waals surface area contributed by atoms with E-state index < -0.39 is 4.92 Å². The summed E-state index contributed by atoms with van der Waals surface area (Å²) in [5, 5.41) is 14.3. The molecule has 20 heavy (non-hydrogen) atoms. The standard InChI is InChI=1S/C12H11N3O5/c1-19-11(16)7-6-10-13-12(14-20-10)8-2-4-9(5-3-8)15(17)18/h2-5H,6-7H2,1H3. The molecule has 0 atom stereocenters. The van der Waals surface area contributed by atoms with Gasteiger partial charge >= 0.3 is 5.97 Å². The molecule has 8 nitrogen and oxygen atoms in total. The zero-order valence-electron chi connectivity index (χ0n) is 10.6. The van der Waals surface area contributed by atoms with E-state index in [1.807, 2.05) is 0 Å². The number of benzene rings is 1. The van der Waals surface area contributed by atoms with E-state index in [1.165, 1.54) is 31.4 Å². The Hall–Kier alpha value is -2.77. The van der Waals surface area contributed by atoms with Crippen LogP contribution in [0.5, 0.6) is 0 Å². The van der Waals surface area contributed by atoms with Crippen molar-refractivity contribution in [1.29, 1.82) is 0 Å². The lowest BCUT2D eigenvalue weighted by Gasteiger charge is -1.94. The molecule has 0 amide bonds. The summed E-state index contributed by atoms with van der Waals surface area (Å²) in [6.45, 7) is 0. The van der Waals surface area contributed by atoms with Crippen molar-refractivity contribution in [2.75, 3.05) is 7.11 Å². The van der Waals surface area contributed by atoms with Crippen molar-refractivity contribution in [2.45, 2.75) is 12.8 Å². The van der Waals surface area contributed by atoms with Crippen LogP contribution in [0.15, 0.2) is 28.8 Å². The fraction of sp³-hybridized carbons (Fsp3) is 0.250. The maximum absolute atomic E-state index is 11.0. The van der Waals surface area contributed by atoms with Gasteiger partial charge in [0.25, 0.3) is 5.69 Å². The molecule has 0 spiro atoms. The minimum Gasteiger partial charge on any atom is -0.469 e. The number of hydrogen-bond donors (Lipinski definition) is 0. The Kier molecular flexibility index (Phi) is 4.04. The second-order valence-corrected chi connectivity index (χ2v) is 3.89. The lowest BCUT2D eigenvalue weighted by molar-refractivity contribution is -0.384. The van der Waals surface area contributed by atoms with Gasteiger partial charge in [0.05, 0.1) is 18.5 Å². The normalized spacial score (nSPS) is 10.2. The van der Waals surface area contributed by atoms with Crippen LogP contribution in [-0.4, -0.2) is 28.1 Å². The van der Waals surface area contributed by atoms with Gasteiger partial charge in [-0.05, 0) is 12.1 Å². The molecule has 1 heterocycles. The number of nitro benzene ring substituents is 1. The highest BCUT2D eigenvalue weighted by molar-refractivity contribution is 5.69. The number of nitro groups is 1. The third-order valence-corrected chi connectivity index (χ3v) is 2.58.